The largest absolute Gasteiger partial charge is 0.481 e. The highest BCUT2D eigenvalue weighted by Gasteiger charge is 2.29. The van der Waals surface area contributed by atoms with E-state index in [2.05, 4.69) is 74.6 Å². The van der Waals surface area contributed by atoms with E-state index in [-0.39, 0.29) is 5.97 Å². The fourth-order valence-corrected chi connectivity index (χ4v) is 4.68. The van der Waals surface area contributed by atoms with Crippen LogP contribution in [0.1, 0.15) is 149 Å². The van der Waals surface area contributed by atoms with Gasteiger partial charge in [-0.05, 0) is 83.5 Å². The van der Waals surface area contributed by atoms with Gasteiger partial charge >= 0.3 is 11.9 Å². The second kappa shape index (κ2) is 30.6. The number of carbonyl (C=O) groups is 2. The third-order valence-electron chi connectivity index (χ3n) is 7.20. The standard InChI is InChI=1S/C37H62O4/c1-4-7-9-11-13-15-17-19-21-22-24-26-28-30-32-34(37(39)40)35(6-3)41-36(38)33-31-29-27-25-23-20-18-16-14-12-10-8-5-2/h8,10,13-16,19-21,23,34-35H,4-7,9,11-12,17-18,22,24-33H2,1-3H3,(H,39,40)/b10-8-,15-13-,16-14-,21-19-,23-20-. The van der Waals surface area contributed by atoms with E-state index in [0.29, 0.717) is 19.3 Å². The summed E-state index contributed by atoms with van der Waals surface area (Å²) >= 11 is 0. The zero-order chi connectivity index (χ0) is 30.2. The summed E-state index contributed by atoms with van der Waals surface area (Å²) in [6.45, 7) is 6.28. The first-order valence-corrected chi connectivity index (χ1v) is 16.7. The molecule has 234 valence electrons. The number of aliphatic carboxylic acids is 1. The average molecular weight is 571 g/mol. The van der Waals surface area contributed by atoms with E-state index < -0.39 is 18.0 Å². The molecule has 0 aliphatic carbocycles. The first-order chi connectivity index (χ1) is 20.1. The molecule has 0 aliphatic heterocycles. The fourth-order valence-electron chi connectivity index (χ4n) is 4.68. The van der Waals surface area contributed by atoms with Crippen molar-refractivity contribution in [2.45, 2.75) is 155 Å². The number of hydrogen-bond donors (Lipinski definition) is 1. The molecule has 4 heteroatoms. The van der Waals surface area contributed by atoms with Gasteiger partial charge in [-0.15, -0.1) is 0 Å². The van der Waals surface area contributed by atoms with Crippen molar-refractivity contribution in [3.8, 4) is 0 Å². The second-order valence-electron chi connectivity index (χ2n) is 10.9. The van der Waals surface area contributed by atoms with Gasteiger partial charge in [0.2, 0.25) is 0 Å². The van der Waals surface area contributed by atoms with Crippen molar-refractivity contribution in [1.29, 1.82) is 0 Å². The Balaban J connectivity index is 4.02. The van der Waals surface area contributed by atoms with Gasteiger partial charge in [-0.3, -0.25) is 9.59 Å². The van der Waals surface area contributed by atoms with Crippen molar-refractivity contribution >= 4 is 11.9 Å². The molecule has 0 aromatic carbocycles. The topological polar surface area (TPSA) is 63.6 Å². The van der Waals surface area contributed by atoms with Gasteiger partial charge in [0.05, 0.1) is 5.92 Å². The Morgan fingerprint density at radius 1 is 0.610 bits per heavy atom. The summed E-state index contributed by atoms with van der Waals surface area (Å²) in [5, 5.41) is 9.77. The van der Waals surface area contributed by atoms with E-state index in [1.807, 2.05) is 6.92 Å². The maximum Gasteiger partial charge on any atom is 0.310 e. The lowest BCUT2D eigenvalue weighted by Gasteiger charge is -2.23. The zero-order valence-electron chi connectivity index (χ0n) is 26.7. The quantitative estimate of drug-likeness (QED) is 0.0577. The van der Waals surface area contributed by atoms with Crippen LogP contribution in [-0.2, 0) is 14.3 Å². The van der Waals surface area contributed by atoms with Crippen molar-refractivity contribution in [2.75, 3.05) is 0 Å². The number of carbonyl (C=O) groups excluding carboxylic acids is 1. The minimum absolute atomic E-state index is 0.261. The third-order valence-corrected chi connectivity index (χ3v) is 7.20. The van der Waals surface area contributed by atoms with Crippen molar-refractivity contribution in [2.24, 2.45) is 5.92 Å². The smallest absolute Gasteiger partial charge is 0.310 e. The van der Waals surface area contributed by atoms with Gasteiger partial charge in [0, 0.05) is 6.42 Å². The SMILES string of the molecule is CC/C=C\C/C=C\C/C=C\CCCCCC(=O)OC(CC)C(CCCCCC/C=C\C/C=C\CCCCC)C(=O)O. The second-order valence-corrected chi connectivity index (χ2v) is 10.9. The van der Waals surface area contributed by atoms with E-state index in [1.165, 1.54) is 25.7 Å². The third kappa shape index (κ3) is 26.3. The molecule has 0 rings (SSSR count). The van der Waals surface area contributed by atoms with Crippen LogP contribution in [0.15, 0.2) is 60.8 Å². The minimum Gasteiger partial charge on any atom is -0.481 e. The lowest BCUT2D eigenvalue weighted by molar-refractivity contribution is -0.159. The van der Waals surface area contributed by atoms with Gasteiger partial charge in [0.1, 0.15) is 6.10 Å². The highest BCUT2D eigenvalue weighted by atomic mass is 16.5. The Morgan fingerprint density at radius 2 is 1.10 bits per heavy atom. The van der Waals surface area contributed by atoms with Gasteiger partial charge < -0.3 is 9.84 Å². The number of hydrogen-bond acceptors (Lipinski definition) is 3. The molecule has 0 bridgehead atoms. The van der Waals surface area contributed by atoms with Gasteiger partial charge in [-0.1, -0.05) is 120 Å². The molecule has 0 aliphatic rings. The minimum atomic E-state index is -0.852. The Labute approximate surface area is 253 Å². The summed E-state index contributed by atoms with van der Waals surface area (Å²) in [6.07, 6.45) is 41.2. The molecule has 0 aromatic rings. The summed E-state index contributed by atoms with van der Waals surface area (Å²) in [5.74, 6) is -1.73. The number of unbranched alkanes of at least 4 members (excludes halogenated alkanes) is 10. The normalized spacial score (nSPS) is 13.8. The van der Waals surface area contributed by atoms with Crippen molar-refractivity contribution in [1.82, 2.24) is 0 Å². The van der Waals surface area contributed by atoms with Crippen molar-refractivity contribution in [3.63, 3.8) is 0 Å². The number of carboxylic acid groups (broad SMARTS) is 1. The first kappa shape index (κ1) is 38.6. The first-order valence-electron chi connectivity index (χ1n) is 16.7. The highest BCUT2D eigenvalue weighted by molar-refractivity contribution is 5.73. The fraction of sp³-hybridized carbons (Fsp3) is 0.676. The number of ether oxygens (including phenoxy) is 1. The molecule has 0 aromatic heterocycles. The molecule has 0 spiro atoms. The molecule has 2 atom stereocenters. The Kier molecular flexibility index (Phi) is 28.8. The van der Waals surface area contributed by atoms with E-state index in [1.54, 1.807) is 0 Å². The summed E-state index contributed by atoms with van der Waals surface area (Å²) in [7, 11) is 0. The number of esters is 1. The van der Waals surface area contributed by atoms with Crippen molar-refractivity contribution < 1.29 is 19.4 Å². The van der Waals surface area contributed by atoms with Crippen LogP contribution in [0, 0.1) is 5.92 Å². The van der Waals surface area contributed by atoms with Gasteiger partial charge in [0.15, 0.2) is 0 Å². The molecular weight excluding hydrogens is 508 g/mol. The average Bonchev–Trinajstić information content (AvgIpc) is 2.96. The molecule has 0 saturated heterocycles. The van der Waals surface area contributed by atoms with E-state index in [0.717, 1.165) is 83.5 Å². The molecule has 0 amide bonds. The van der Waals surface area contributed by atoms with E-state index in [9.17, 15) is 14.7 Å². The monoisotopic (exact) mass is 570 g/mol. The molecule has 2 unspecified atom stereocenters. The number of rotatable bonds is 28. The summed E-state index contributed by atoms with van der Waals surface area (Å²) < 4.78 is 5.64. The van der Waals surface area contributed by atoms with Crippen LogP contribution in [0.25, 0.3) is 0 Å². The molecule has 0 heterocycles. The van der Waals surface area contributed by atoms with Crippen LogP contribution < -0.4 is 0 Å². The lowest BCUT2D eigenvalue weighted by atomic mass is 9.93. The number of allylic oxidation sites excluding steroid dienone is 10. The van der Waals surface area contributed by atoms with E-state index >= 15 is 0 Å². The van der Waals surface area contributed by atoms with Crippen LogP contribution in [0.3, 0.4) is 0 Å². The Bertz CT molecular complexity index is 759. The maximum absolute atomic E-state index is 12.4. The van der Waals surface area contributed by atoms with Gasteiger partial charge in [-0.2, -0.15) is 0 Å². The molecule has 41 heavy (non-hydrogen) atoms. The summed E-state index contributed by atoms with van der Waals surface area (Å²) in [5.41, 5.74) is 0. The zero-order valence-corrected chi connectivity index (χ0v) is 26.7. The summed E-state index contributed by atoms with van der Waals surface area (Å²) in [6, 6.07) is 0. The molecule has 0 saturated carbocycles. The molecule has 1 N–H and O–H groups in total. The maximum atomic E-state index is 12.4. The highest BCUT2D eigenvalue weighted by Crippen LogP contribution is 2.21. The predicted molar refractivity (Wildman–Crippen MR) is 176 cm³/mol. The van der Waals surface area contributed by atoms with Gasteiger partial charge in [0.25, 0.3) is 0 Å². The van der Waals surface area contributed by atoms with E-state index in [4.69, 9.17) is 4.74 Å². The Morgan fingerprint density at radius 3 is 1.61 bits per heavy atom. The Hall–Kier alpha value is -2.36. The van der Waals surface area contributed by atoms with Gasteiger partial charge in [-0.25, -0.2) is 0 Å². The molecule has 0 fully saturated rings. The lowest BCUT2D eigenvalue weighted by Crippen LogP contribution is -2.32. The van der Waals surface area contributed by atoms with Crippen LogP contribution >= 0.6 is 0 Å². The van der Waals surface area contributed by atoms with Crippen LogP contribution in [0.4, 0.5) is 0 Å². The van der Waals surface area contributed by atoms with Crippen LogP contribution in [-0.4, -0.2) is 23.1 Å². The molecule has 4 nitrogen and oxygen atoms in total. The molecular formula is C37H62O4. The van der Waals surface area contributed by atoms with Crippen molar-refractivity contribution in [3.05, 3.63) is 60.8 Å². The molecule has 0 radical (unpaired) electrons. The number of carboxylic acids is 1. The predicted octanol–water partition coefficient (Wildman–Crippen LogP) is 11.2. The summed E-state index contributed by atoms with van der Waals surface area (Å²) in [4.78, 5) is 24.3. The van der Waals surface area contributed by atoms with Crippen LogP contribution in [0.2, 0.25) is 0 Å². The van der Waals surface area contributed by atoms with Crippen LogP contribution in [0.5, 0.6) is 0 Å².